The SMILES string of the molecule is CCCCC(F)=C(F)c1ccc(C(=O)Oc2ccc(-c3cc(F)c(C(F)(F)F)c(F)c3)c(F)c2)cc1. The first kappa shape index (κ1) is 26.9. The highest BCUT2D eigenvalue weighted by atomic mass is 19.4. The van der Waals surface area contributed by atoms with Crippen LogP contribution in [-0.2, 0) is 6.18 Å². The van der Waals surface area contributed by atoms with Gasteiger partial charge in [-0.15, -0.1) is 0 Å². The molecule has 0 unspecified atom stereocenters. The molecule has 0 spiro atoms. The summed E-state index contributed by atoms with van der Waals surface area (Å²) in [5, 5.41) is 0. The third kappa shape index (κ3) is 6.10. The van der Waals surface area contributed by atoms with E-state index in [-0.39, 0.29) is 23.3 Å². The number of rotatable bonds is 7. The van der Waals surface area contributed by atoms with Gasteiger partial charge in [-0.3, -0.25) is 0 Å². The van der Waals surface area contributed by atoms with Crippen LogP contribution in [0.25, 0.3) is 17.0 Å². The van der Waals surface area contributed by atoms with Crippen molar-refractivity contribution in [3.8, 4) is 16.9 Å². The number of hydrogen-bond acceptors (Lipinski definition) is 2. The van der Waals surface area contributed by atoms with Gasteiger partial charge in [0.15, 0.2) is 5.83 Å². The molecule has 0 fully saturated rings. The first-order valence-corrected chi connectivity index (χ1v) is 10.6. The second kappa shape index (κ2) is 10.9. The highest BCUT2D eigenvalue weighted by molar-refractivity contribution is 5.91. The number of allylic oxidation sites excluding steroid dienone is 1. The summed E-state index contributed by atoms with van der Waals surface area (Å²) in [6.07, 6.45) is -4.17. The molecule has 0 heterocycles. The molecular formula is C26H18F8O2. The Hall–Kier alpha value is -3.69. The van der Waals surface area contributed by atoms with Crippen LogP contribution in [0.5, 0.6) is 5.75 Å². The highest BCUT2D eigenvalue weighted by Crippen LogP contribution is 2.37. The van der Waals surface area contributed by atoms with E-state index in [0.717, 1.165) is 12.1 Å². The lowest BCUT2D eigenvalue weighted by molar-refractivity contribution is -0.142. The molecule has 0 saturated carbocycles. The molecule has 0 aromatic heterocycles. The third-order valence-electron chi connectivity index (χ3n) is 5.15. The lowest BCUT2D eigenvalue weighted by atomic mass is 10.0. The number of alkyl halides is 3. The summed E-state index contributed by atoms with van der Waals surface area (Å²) in [4.78, 5) is 12.3. The number of carbonyl (C=O) groups excluding carboxylic acids is 1. The van der Waals surface area contributed by atoms with Gasteiger partial charge in [0.2, 0.25) is 0 Å². The lowest BCUT2D eigenvalue weighted by Crippen LogP contribution is -2.11. The Morgan fingerprint density at radius 2 is 1.42 bits per heavy atom. The molecule has 10 heteroatoms. The van der Waals surface area contributed by atoms with Gasteiger partial charge in [0.25, 0.3) is 0 Å². The Kier molecular flexibility index (Phi) is 8.17. The number of carbonyl (C=O) groups is 1. The van der Waals surface area contributed by atoms with Crippen LogP contribution in [0.15, 0.2) is 60.4 Å². The van der Waals surface area contributed by atoms with E-state index in [1.54, 1.807) is 0 Å². The summed E-state index contributed by atoms with van der Waals surface area (Å²) < 4.78 is 113. The fourth-order valence-corrected chi connectivity index (χ4v) is 3.31. The van der Waals surface area contributed by atoms with Gasteiger partial charge in [0.1, 0.15) is 34.6 Å². The molecule has 3 aromatic carbocycles. The van der Waals surface area contributed by atoms with Gasteiger partial charge in [0.05, 0.1) is 5.56 Å². The van der Waals surface area contributed by atoms with Crippen LogP contribution in [0.1, 0.15) is 47.7 Å². The Morgan fingerprint density at radius 1 is 0.833 bits per heavy atom. The van der Waals surface area contributed by atoms with Crippen molar-refractivity contribution >= 4 is 11.8 Å². The van der Waals surface area contributed by atoms with Crippen molar-refractivity contribution in [3.05, 3.63) is 94.6 Å². The second-order valence-electron chi connectivity index (χ2n) is 7.74. The number of ether oxygens (including phenoxy) is 1. The van der Waals surface area contributed by atoms with Crippen LogP contribution in [0.2, 0.25) is 0 Å². The van der Waals surface area contributed by atoms with Crippen molar-refractivity contribution in [2.75, 3.05) is 0 Å². The van der Waals surface area contributed by atoms with Crippen molar-refractivity contribution in [1.82, 2.24) is 0 Å². The third-order valence-corrected chi connectivity index (χ3v) is 5.15. The van der Waals surface area contributed by atoms with E-state index in [9.17, 15) is 39.9 Å². The van der Waals surface area contributed by atoms with Crippen LogP contribution < -0.4 is 4.74 Å². The van der Waals surface area contributed by atoms with Gasteiger partial charge in [-0.05, 0) is 48.4 Å². The Morgan fingerprint density at radius 3 is 1.94 bits per heavy atom. The lowest BCUT2D eigenvalue weighted by Gasteiger charge is -2.12. The van der Waals surface area contributed by atoms with Crippen LogP contribution in [-0.4, -0.2) is 5.97 Å². The normalized spacial score (nSPS) is 12.4. The molecular weight excluding hydrogens is 496 g/mol. The van der Waals surface area contributed by atoms with Crippen molar-refractivity contribution in [1.29, 1.82) is 0 Å². The minimum absolute atomic E-state index is 0.0561. The van der Waals surface area contributed by atoms with E-state index >= 15 is 0 Å². The standard InChI is InChI=1S/C26H18F8O2/c1-2-3-4-19(27)24(31)14-5-7-15(8-6-14)25(35)36-17-9-10-18(20(28)13-17)16-11-21(29)23(22(30)12-16)26(32,33)34/h5-13H,2-4H2,1H3. The molecule has 190 valence electrons. The van der Waals surface area contributed by atoms with Crippen molar-refractivity contribution in [3.63, 3.8) is 0 Å². The Balaban J connectivity index is 1.78. The second-order valence-corrected chi connectivity index (χ2v) is 7.74. The molecule has 3 aromatic rings. The minimum atomic E-state index is -5.27. The van der Waals surface area contributed by atoms with Gasteiger partial charge in [-0.2, -0.15) is 13.2 Å². The summed E-state index contributed by atoms with van der Waals surface area (Å²) >= 11 is 0. The zero-order valence-corrected chi connectivity index (χ0v) is 18.7. The van der Waals surface area contributed by atoms with E-state index in [0.29, 0.717) is 31.0 Å². The van der Waals surface area contributed by atoms with Gasteiger partial charge >= 0.3 is 12.1 Å². The van der Waals surface area contributed by atoms with Crippen LogP contribution in [0, 0.1) is 17.5 Å². The molecule has 2 nitrogen and oxygen atoms in total. The molecule has 0 bridgehead atoms. The first-order valence-electron chi connectivity index (χ1n) is 10.6. The summed E-state index contributed by atoms with van der Waals surface area (Å²) in [6.45, 7) is 1.83. The average molecular weight is 514 g/mol. The molecule has 0 saturated heterocycles. The van der Waals surface area contributed by atoms with Gasteiger partial charge in [-0.1, -0.05) is 25.5 Å². The number of unbranched alkanes of at least 4 members (excludes halogenated alkanes) is 1. The van der Waals surface area contributed by atoms with Gasteiger partial charge in [-0.25, -0.2) is 26.7 Å². The molecule has 0 radical (unpaired) electrons. The molecule has 36 heavy (non-hydrogen) atoms. The average Bonchev–Trinajstić information content (AvgIpc) is 2.80. The minimum Gasteiger partial charge on any atom is -0.423 e. The maximum absolute atomic E-state index is 14.6. The van der Waals surface area contributed by atoms with Gasteiger partial charge in [0, 0.05) is 23.6 Å². The zero-order chi connectivity index (χ0) is 26.6. The molecule has 0 N–H and O–H groups in total. The van der Waals surface area contributed by atoms with Crippen LogP contribution in [0.3, 0.4) is 0 Å². The largest absolute Gasteiger partial charge is 0.423 e. The maximum Gasteiger partial charge on any atom is 0.422 e. The Bertz CT molecular complexity index is 1270. The fourth-order valence-electron chi connectivity index (χ4n) is 3.31. The quantitative estimate of drug-likeness (QED) is 0.179. The smallest absolute Gasteiger partial charge is 0.422 e. The van der Waals surface area contributed by atoms with Gasteiger partial charge < -0.3 is 4.74 Å². The fraction of sp³-hybridized carbons (Fsp3) is 0.192. The molecule has 0 aliphatic rings. The topological polar surface area (TPSA) is 26.3 Å². The summed E-state index contributed by atoms with van der Waals surface area (Å²) in [6, 6.07) is 8.16. The molecule has 0 atom stereocenters. The molecule has 0 amide bonds. The van der Waals surface area contributed by atoms with E-state index in [4.69, 9.17) is 4.74 Å². The van der Waals surface area contributed by atoms with E-state index < -0.39 is 57.9 Å². The monoisotopic (exact) mass is 514 g/mol. The van der Waals surface area contributed by atoms with E-state index in [2.05, 4.69) is 0 Å². The zero-order valence-electron chi connectivity index (χ0n) is 18.7. The van der Waals surface area contributed by atoms with Crippen LogP contribution >= 0.6 is 0 Å². The summed E-state index contributed by atoms with van der Waals surface area (Å²) in [7, 11) is 0. The predicted octanol–water partition coefficient (Wildman–Crippen LogP) is 8.81. The molecule has 3 rings (SSSR count). The maximum atomic E-state index is 14.6. The van der Waals surface area contributed by atoms with E-state index in [1.165, 1.54) is 24.3 Å². The summed E-state index contributed by atoms with van der Waals surface area (Å²) in [5.74, 6) is -8.16. The number of benzene rings is 3. The molecule has 0 aliphatic carbocycles. The number of halogens is 8. The number of esters is 1. The van der Waals surface area contributed by atoms with Crippen molar-refractivity contribution < 1.29 is 44.7 Å². The predicted molar refractivity (Wildman–Crippen MR) is 117 cm³/mol. The summed E-state index contributed by atoms with van der Waals surface area (Å²) in [5.41, 5.74) is -3.16. The van der Waals surface area contributed by atoms with Crippen molar-refractivity contribution in [2.45, 2.75) is 32.4 Å². The number of hydrogen-bond donors (Lipinski definition) is 0. The highest BCUT2D eigenvalue weighted by Gasteiger charge is 2.38. The first-order chi connectivity index (χ1) is 16.9. The molecule has 0 aliphatic heterocycles. The van der Waals surface area contributed by atoms with Crippen LogP contribution in [0.4, 0.5) is 35.1 Å². The van der Waals surface area contributed by atoms with Crippen molar-refractivity contribution in [2.24, 2.45) is 0 Å². The Labute approximate surface area is 200 Å². The van der Waals surface area contributed by atoms with E-state index in [1.807, 2.05) is 6.92 Å².